The van der Waals surface area contributed by atoms with Gasteiger partial charge in [0.2, 0.25) is 0 Å². The van der Waals surface area contributed by atoms with Gasteiger partial charge >= 0.3 is 0 Å². The molecule has 1 aromatic carbocycles. The van der Waals surface area contributed by atoms with Crippen LogP contribution < -0.4 is 11.5 Å². The molecule has 0 atom stereocenters. The van der Waals surface area contributed by atoms with Crippen LogP contribution >= 0.6 is 0 Å². The molecule has 0 aliphatic heterocycles. The summed E-state index contributed by atoms with van der Waals surface area (Å²) in [5, 5.41) is 0. The Kier molecular flexibility index (Phi) is 2.85. The maximum Gasteiger partial charge on any atom is 0.296 e. The van der Waals surface area contributed by atoms with Crippen LogP contribution in [0.4, 0.5) is 11.4 Å². The standard InChI is InChI=1S/C6H8N2O6S2/c7-3-1-4(15(9,10)11)6(8)5(2-3)16(12,13)14/h1-2H,7-8H2,(H,9,10,11)(H,12,13,14). The molecule has 0 fully saturated rings. The van der Waals surface area contributed by atoms with Crippen molar-refractivity contribution in [2.45, 2.75) is 9.79 Å². The monoisotopic (exact) mass is 268 g/mol. The minimum absolute atomic E-state index is 0.283. The van der Waals surface area contributed by atoms with E-state index in [9.17, 15) is 16.8 Å². The van der Waals surface area contributed by atoms with Crippen molar-refractivity contribution < 1.29 is 25.9 Å². The molecule has 16 heavy (non-hydrogen) atoms. The molecule has 0 aliphatic carbocycles. The SMILES string of the molecule is Nc1cc(S(=O)(=O)O)c(N)c(S(=O)(=O)O)c1. The molecule has 8 nitrogen and oxygen atoms in total. The molecule has 1 aromatic rings. The zero-order valence-corrected chi connectivity index (χ0v) is 9.29. The molecule has 0 spiro atoms. The van der Waals surface area contributed by atoms with Gasteiger partial charge in [-0.3, -0.25) is 9.11 Å². The largest absolute Gasteiger partial charge is 0.399 e. The fourth-order valence-corrected chi connectivity index (χ4v) is 2.46. The lowest BCUT2D eigenvalue weighted by molar-refractivity contribution is 0.482. The molecule has 6 N–H and O–H groups in total. The van der Waals surface area contributed by atoms with E-state index in [1.807, 2.05) is 0 Å². The molecule has 0 saturated carbocycles. The lowest BCUT2D eigenvalue weighted by Crippen LogP contribution is -2.10. The normalized spacial score (nSPS) is 12.6. The van der Waals surface area contributed by atoms with Gasteiger partial charge < -0.3 is 11.5 Å². The van der Waals surface area contributed by atoms with Gasteiger partial charge in [0.1, 0.15) is 9.79 Å². The van der Waals surface area contributed by atoms with Crippen LogP contribution in [0.5, 0.6) is 0 Å². The first-order valence-electron chi connectivity index (χ1n) is 3.67. The van der Waals surface area contributed by atoms with Crippen LogP contribution in [-0.2, 0) is 20.2 Å². The van der Waals surface area contributed by atoms with Crippen molar-refractivity contribution >= 4 is 31.6 Å². The van der Waals surface area contributed by atoms with Crippen LogP contribution in [0.3, 0.4) is 0 Å². The maximum atomic E-state index is 10.8. The summed E-state index contributed by atoms with van der Waals surface area (Å²) in [5.41, 5.74) is 9.33. The summed E-state index contributed by atoms with van der Waals surface area (Å²) in [6.07, 6.45) is 0. The molecule has 10 heteroatoms. The fraction of sp³-hybridized carbons (Fsp3) is 0. The highest BCUT2D eigenvalue weighted by Crippen LogP contribution is 2.28. The number of rotatable bonds is 2. The summed E-state index contributed by atoms with van der Waals surface area (Å²) in [6.45, 7) is 0. The van der Waals surface area contributed by atoms with Crippen LogP contribution in [0.25, 0.3) is 0 Å². The van der Waals surface area contributed by atoms with Gasteiger partial charge in [0, 0.05) is 5.69 Å². The lowest BCUT2D eigenvalue weighted by Gasteiger charge is -2.08. The van der Waals surface area contributed by atoms with Gasteiger partial charge in [-0.2, -0.15) is 16.8 Å². The predicted octanol–water partition coefficient (Wildman–Crippen LogP) is -0.656. The first-order chi connectivity index (χ1) is 7.03. The summed E-state index contributed by atoms with van der Waals surface area (Å²) in [6, 6.07) is 1.55. The van der Waals surface area contributed by atoms with Gasteiger partial charge in [0.05, 0.1) is 5.69 Å². The Labute approximate surface area is 91.4 Å². The molecule has 0 aromatic heterocycles. The molecule has 0 bridgehead atoms. The van der Waals surface area contributed by atoms with E-state index in [1.165, 1.54) is 0 Å². The summed E-state index contributed by atoms with van der Waals surface area (Å²) in [7, 11) is -9.44. The summed E-state index contributed by atoms with van der Waals surface area (Å²) >= 11 is 0. The minimum atomic E-state index is -4.72. The number of hydrogen-bond acceptors (Lipinski definition) is 6. The Morgan fingerprint density at radius 2 is 1.19 bits per heavy atom. The Morgan fingerprint density at radius 3 is 1.44 bits per heavy atom. The smallest absolute Gasteiger partial charge is 0.296 e. The first-order valence-corrected chi connectivity index (χ1v) is 6.55. The van der Waals surface area contributed by atoms with Gasteiger partial charge in [-0.15, -0.1) is 0 Å². The molecule has 0 heterocycles. The Morgan fingerprint density at radius 1 is 0.875 bits per heavy atom. The van der Waals surface area contributed by atoms with E-state index in [0.29, 0.717) is 0 Å². The Balaban J connectivity index is 3.78. The van der Waals surface area contributed by atoms with Crippen LogP contribution in [0.15, 0.2) is 21.9 Å². The molecule has 0 aliphatic rings. The van der Waals surface area contributed by atoms with Crippen molar-refractivity contribution in [1.29, 1.82) is 0 Å². The van der Waals surface area contributed by atoms with Gasteiger partial charge in [0.15, 0.2) is 0 Å². The van der Waals surface area contributed by atoms with Crippen LogP contribution in [0, 0.1) is 0 Å². The summed E-state index contributed by atoms with van der Waals surface area (Å²) in [5.74, 6) is 0. The lowest BCUT2D eigenvalue weighted by atomic mass is 10.3. The fourth-order valence-electron chi connectivity index (χ4n) is 1.05. The average molecular weight is 268 g/mol. The number of nitrogens with two attached hydrogens (primary N) is 2. The molecular formula is C6H8N2O6S2. The zero-order valence-electron chi connectivity index (χ0n) is 7.65. The van der Waals surface area contributed by atoms with Crippen LogP contribution in [0.1, 0.15) is 0 Å². The van der Waals surface area contributed by atoms with E-state index in [4.69, 9.17) is 20.6 Å². The quantitative estimate of drug-likeness (QED) is 0.406. The second-order valence-corrected chi connectivity index (χ2v) is 5.66. The van der Waals surface area contributed by atoms with Crippen molar-refractivity contribution in [2.75, 3.05) is 11.5 Å². The van der Waals surface area contributed by atoms with E-state index < -0.39 is 35.7 Å². The maximum absolute atomic E-state index is 10.8. The van der Waals surface area contributed by atoms with E-state index in [1.54, 1.807) is 0 Å². The summed E-state index contributed by atoms with van der Waals surface area (Å²) in [4.78, 5) is -1.75. The minimum Gasteiger partial charge on any atom is -0.399 e. The third-order valence-corrected chi connectivity index (χ3v) is 3.47. The number of benzene rings is 1. The highest BCUT2D eigenvalue weighted by atomic mass is 32.2. The van der Waals surface area contributed by atoms with E-state index in [0.717, 1.165) is 12.1 Å². The third-order valence-electron chi connectivity index (χ3n) is 1.68. The second kappa shape index (κ2) is 3.59. The average Bonchev–Trinajstić information content (AvgIpc) is 2.04. The molecule has 0 amide bonds. The molecule has 90 valence electrons. The molecular weight excluding hydrogens is 260 g/mol. The second-order valence-electron chi connectivity index (χ2n) is 2.88. The van der Waals surface area contributed by atoms with Crippen molar-refractivity contribution in [3.63, 3.8) is 0 Å². The van der Waals surface area contributed by atoms with Gasteiger partial charge in [-0.05, 0) is 12.1 Å². The number of nitrogen functional groups attached to an aromatic ring is 2. The molecule has 0 radical (unpaired) electrons. The summed E-state index contributed by atoms with van der Waals surface area (Å²) < 4.78 is 60.8. The number of anilines is 2. The highest BCUT2D eigenvalue weighted by molar-refractivity contribution is 7.87. The Hall–Kier alpha value is -1.36. The van der Waals surface area contributed by atoms with E-state index in [-0.39, 0.29) is 5.69 Å². The van der Waals surface area contributed by atoms with E-state index >= 15 is 0 Å². The topological polar surface area (TPSA) is 161 Å². The van der Waals surface area contributed by atoms with Crippen molar-refractivity contribution in [3.05, 3.63) is 12.1 Å². The van der Waals surface area contributed by atoms with Crippen molar-refractivity contribution in [1.82, 2.24) is 0 Å². The zero-order chi connectivity index (χ0) is 12.7. The van der Waals surface area contributed by atoms with Crippen LogP contribution in [0.2, 0.25) is 0 Å². The molecule has 1 rings (SSSR count). The third kappa shape index (κ3) is 2.41. The van der Waals surface area contributed by atoms with Gasteiger partial charge in [-0.1, -0.05) is 0 Å². The van der Waals surface area contributed by atoms with E-state index in [2.05, 4.69) is 0 Å². The molecule has 0 unspecified atom stereocenters. The Bertz CT molecular complexity index is 580. The van der Waals surface area contributed by atoms with Crippen molar-refractivity contribution in [2.24, 2.45) is 0 Å². The van der Waals surface area contributed by atoms with Gasteiger partial charge in [0.25, 0.3) is 20.2 Å². The predicted molar refractivity (Wildman–Crippen MR) is 54.9 cm³/mol. The van der Waals surface area contributed by atoms with Crippen molar-refractivity contribution in [3.8, 4) is 0 Å². The highest BCUT2D eigenvalue weighted by Gasteiger charge is 2.23. The van der Waals surface area contributed by atoms with Crippen LogP contribution in [-0.4, -0.2) is 25.9 Å². The first kappa shape index (κ1) is 12.7. The van der Waals surface area contributed by atoms with Gasteiger partial charge in [-0.25, -0.2) is 0 Å². The molecule has 0 saturated heterocycles. The number of hydrogen-bond donors (Lipinski definition) is 4.